The zero-order chi connectivity index (χ0) is 19.1. The Hall–Kier alpha value is -3.14. The molecule has 0 radical (unpaired) electrons. The van der Waals surface area contributed by atoms with E-state index >= 15 is 0 Å². The molecule has 0 saturated carbocycles. The van der Waals surface area contributed by atoms with Crippen LogP contribution in [0.4, 0.5) is 0 Å². The summed E-state index contributed by atoms with van der Waals surface area (Å²) in [6.45, 7) is 3.12. The SMILES string of the molecule is C.C.C.COc1ccc(C(C)=O)cc1.COc1ccc2cc(C(C)=O)ccc2c1. The molecule has 0 bridgehead atoms. The number of benzene rings is 3. The van der Waals surface area contributed by atoms with Gasteiger partial charge in [-0.25, -0.2) is 0 Å². The normalized spacial score (nSPS) is 8.83. The largest absolute Gasteiger partial charge is 0.497 e. The van der Waals surface area contributed by atoms with Crippen LogP contribution in [-0.2, 0) is 0 Å². The maximum Gasteiger partial charge on any atom is 0.159 e. The van der Waals surface area contributed by atoms with Crippen molar-refractivity contribution in [2.24, 2.45) is 0 Å². The summed E-state index contributed by atoms with van der Waals surface area (Å²) in [5.74, 6) is 1.77. The third-order valence-corrected chi connectivity index (χ3v) is 3.95. The Bertz CT molecular complexity index is 912. The molecule has 0 aliphatic rings. The zero-order valence-corrected chi connectivity index (χ0v) is 15.4. The maximum atomic E-state index is 11.2. The van der Waals surface area contributed by atoms with Crippen LogP contribution in [0.2, 0.25) is 0 Å². The molecule has 0 aliphatic carbocycles. The quantitative estimate of drug-likeness (QED) is 0.451. The number of rotatable bonds is 4. The highest BCUT2D eigenvalue weighted by Gasteiger charge is 2.01. The van der Waals surface area contributed by atoms with E-state index in [-0.39, 0.29) is 33.8 Å². The molecule has 0 fully saturated rings. The number of ketones is 2. The Morgan fingerprint density at radius 2 is 1.00 bits per heavy atom. The Balaban J connectivity index is 0. The Kier molecular flexibility index (Phi) is 12.7. The van der Waals surface area contributed by atoms with Crippen molar-refractivity contribution in [2.45, 2.75) is 36.1 Å². The van der Waals surface area contributed by atoms with Crippen molar-refractivity contribution in [1.82, 2.24) is 0 Å². The molecule has 0 heterocycles. The fourth-order valence-corrected chi connectivity index (χ4v) is 2.40. The lowest BCUT2D eigenvalue weighted by Gasteiger charge is -2.03. The van der Waals surface area contributed by atoms with Crippen LogP contribution in [0.15, 0.2) is 60.7 Å². The molecule has 0 N–H and O–H groups in total. The number of Topliss-reactive ketones (excluding diaryl/α,β-unsaturated/α-hetero) is 2. The van der Waals surface area contributed by atoms with Crippen molar-refractivity contribution < 1.29 is 19.1 Å². The highest BCUT2D eigenvalue weighted by Crippen LogP contribution is 2.21. The number of methoxy groups -OCH3 is 2. The predicted molar refractivity (Wildman–Crippen MR) is 124 cm³/mol. The summed E-state index contributed by atoms with van der Waals surface area (Å²) in [4.78, 5) is 22.0. The Morgan fingerprint density at radius 3 is 1.48 bits per heavy atom. The second-order valence-electron chi connectivity index (χ2n) is 5.77. The lowest BCUT2D eigenvalue weighted by Crippen LogP contribution is -1.91. The van der Waals surface area contributed by atoms with Gasteiger partial charge in [0.25, 0.3) is 0 Å². The van der Waals surface area contributed by atoms with E-state index in [2.05, 4.69) is 0 Å². The molecule has 3 aromatic rings. The highest BCUT2D eigenvalue weighted by atomic mass is 16.5. The first-order valence-electron chi connectivity index (χ1n) is 8.18. The van der Waals surface area contributed by atoms with Crippen LogP contribution >= 0.6 is 0 Å². The van der Waals surface area contributed by atoms with Gasteiger partial charge in [-0.3, -0.25) is 9.59 Å². The molecular formula is C25H34O4. The predicted octanol–water partition coefficient (Wildman–Crippen LogP) is 6.86. The number of carbonyl (C=O) groups is 2. The van der Waals surface area contributed by atoms with Crippen LogP contribution in [0.3, 0.4) is 0 Å². The van der Waals surface area contributed by atoms with Gasteiger partial charge in [0, 0.05) is 11.1 Å². The van der Waals surface area contributed by atoms with Gasteiger partial charge in [-0.1, -0.05) is 40.5 Å². The number of hydrogen-bond donors (Lipinski definition) is 0. The first-order chi connectivity index (χ1) is 12.4. The minimum atomic E-state index is 0. The standard InChI is InChI=1S/C13H12O2.C9H10O2.3CH4/c1-9(14)10-3-4-12-8-13(15-2)6-5-11(12)7-10;1-7(10)8-3-5-9(11-2)6-4-8;;;/h3-8H,1-2H3;3-6H,1-2H3;3*1H4. The Morgan fingerprint density at radius 1 is 0.586 bits per heavy atom. The number of hydrogen-bond acceptors (Lipinski definition) is 4. The number of ether oxygens (including phenoxy) is 2. The first-order valence-corrected chi connectivity index (χ1v) is 8.18. The van der Waals surface area contributed by atoms with Gasteiger partial charge in [-0.05, 0) is 67.1 Å². The van der Waals surface area contributed by atoms with Gasteiger partial charge < -0.3 is 9.47 Å². The molecule has 0 saturated heterocycles. The third kappa shape index (κ3) is 7.78. The molecule has 0 aliphatic heterocycles. The van der Waals surface area contributed by atoms with E-state index in [0.717, 1.165) is 27.8 Å². The second-order valence-corrected chi connectivity index (χ2v) is 5.77. The van der Waals surface area contributed by atoms with E-state index in [1.165, 1.54) is 0 Å². The van der Waals surface area contributed by atoms with E-state index in [0.29, 0.717) is 5.56 Å². The fraction of sp³-hybridized carbons (Fsp3) is 0.280. The summed E-state index contributed by atoms with van der Waals surface area (Å²) < 4.78 is 10.1. The lowest BCUT2D eigenvalue weighted by atomic mass is 10.0. The van der Waals surface area contributed by atoms with Crippen LogP contribution < -0.4 is 9.47 Å². The van der Waals surface area contributed by atoms with Gasteiger partial charge in [-0.2, -0.15) is 0 Å². The summed E-state index contributed by atoms with van der Waals surface area (Å²) >= 11 is 0. The minimum Gasteiger partial charge on any atom is -0.497 e. The summed E-state index contributed by atoms with van der Waals surface area (Å²) in [6, 6.07) is 18.5. The second kappa shape index (κ2) is 13.1. The van der Waals surface area contributed by atoms with E-state index < -0.39 is 0 Å². The van der Waals surface area contributed by atoms with Crippen LogP contribution in [-0.4, -0.2) is 25.8 Å². The Labute approximate surface area is 175 Å². The van der Waals surface area contributed by atoms with Gasteiger partial charge in [0.1, 0.15) is 11.5 Å². The van der Waals surface area contributed by atoms with Crippen LogP contribution in [0.25, 0.3) is 10.8 Å². The molecule has 3 aromatic carbocycles. The summed E-state index contributed by atoms with van der Waals surface area (Å²) in [5.41, 5.74) is 1.46. The van der Waals surface area contributed by atoms with Crippen molar-refractivity contribution in [3.63, 3.8) is 0 Å². The van der Waals surface area contributed by atoms with E-state index in [4.69, 9.17) is 9.47 Å². The van der Waals surface area contributed by atoms with Crippen LogP contribution in [0.1, 0.15) is 56.8 Å². The highest BCUT2D eigenvalue weighted by molar-refractivity contribution is 5.98. The van der Waals surface area contributed by atoms with Crippen LogP contribution in [0, 0.1) is 0 Å². The van der Waals surface area contributed by atoms with Crippen molar-refractivity contribution in [3.05, 3.63) is 71.8 Å². The number of fused-ring (bicyclic) bond motifs is 1. The lowest BCUT2D eigenvalue weighted by molar-refractivity contribution is 0.100. The maximum absolute atomic E-state index is 11.2. The molecule has 0 unspecified atom stereocenters. The first kappa shape index (κ1) is 28.1. The van der Waals surface area contributed by atoms with Gasteiger partial charge in [0.2, 0.25) is 0 Å². The molecule has 29 heavy (non-hydrogen) atoms. The average Bonchev–Trinajstić information content (AvgIpc) is 2.67. The monoisotopic (exact) mass is 398 g/mol. The van der Waals surface area contributed by atoms with E-state index in [1.54, 1.807) is 52.3 Å². The van der Waals surface area contributed by atoms with Crippen molar-refractivity contribution in [1.29, 1.82) is 0 Å². The topological polar surface area (TPSA) is 52.6 Å². The summed E-state index contributed by atoms with van der Waals surface area (Å²) in [5, 5.41) is 2.14. The average molecular weight is 399 g/mol. The zero-order valence-electron chi connectivity index (χ0n) is 15.4. The summed E-state index contributed by atoms with van der Waals surface area (Å²) in [7, 11) is 3.24. The van der Waals surface area contributed by atoms with Gasteiger partial charge in [0.15, 0.2) is 11.6 Å². The smallest absolute Gasteiger partial charge is 0.159 e. The molecule has 4 nitrogen and oxygen atoms in total. The molecule has 3 rings (SSSR count). The summed E-state index contributed by atoms with van der Waals surface area (Å²) in [6.07, 6.45) is 0. The van der Waals surface area contributed by atoms with Crippen LogP contribution in [0.5, 0.6) is 11.5 Å². The molecule has 0 spiro atoms. The van der Waals surface area contributed by atoms with E-state index in [9.17, 15) is 9.59 Å². The molecule has 0 aromatic heterocycles. The molecule has 4 heteroatoms. The van der Waals surface area contributed by atoms with Crippen molar-refractivity contribution in [3.8, 4) is 11.5 Å². The van der Waals surface area contributed by atoms with E-state index in [1.807, 2.05) is 36.4 Å². The molecular weight excluding hydrogens is 364 g/mol. The van der Waals surface area contributed by atoms with Crippen molar-refractivity contribution in [2.75, 3.05) is 14.2 Å². The molecule has 0 amide bonds. The van der Waals surface area contributed by atoms with Gasteiger partial charge >= 0.3 is 0 Å². The molecule has 0 atom stereocenters. The minimum absolute atomic E-state index is 0. The van der Waals surface area contributed by atoms with Crippen molar-refractivity contribution >= 4 is 22.3 Å². The fourth-order valence-electron chi connectivity index (χ4n) is 2.40. The third-order valence-electron chi connectivity index (χ3n) is 3.95. The van der Waals surface area contributed by atoms with Gasteiger partial charge in [-0.15, -0.1) is 0 Å². The van der Waals surface area contributed by atoms with Gasteiger partial charge in [0.05, 0.1) is 14.2 Å². The number of carbonyl (C=O) groups excluding carboxylic acids is 2. The molecule has 158 valence electrons.